The number of benzene rings is 2. The molecule has 3 rings (SSSR count). The van der Waals surface area contributed by atoms with E-state index in [9.17, 15) is 4.79 Å². The lowest BCUT2D eigenvalue weighted by Crippen LogP contribution is -2.24. The summed E-state index contributed by atoms with van der Waals surface area (Å²) in [6.45, 7) is 5.54. The van der Waals surface area contributed by atoms with Crippen molar-refractivity contribution in [2.75, 3.05) is 0 Å². The van der Waals surface area contributed by atoms with E-state index in [0.717, 1.165) is 21.4 Å². The lowest BCUT2D eigenvalue weighted by Gasteiger charge is -2.19. The molecule has 0 aliphatic carbocycles. The molecule has 0 spiro atoms. The molecule has 5 nitrogen and oxygen atoms in total. The van der Waals surface area contributed by atoms with Gasteiger partial charge in [-0.05, 0) is 51.1 Å². The van der Waals surface area contributed by atoms with Crippen LogP contribution in [0.25, 0.3) is 16.9 Å². The van der Waals surface area contributed by atoms with E-state index in [-0.39, 0.29) is 5.97 Å². The van der Waals surface area contributed by atoms with Gasteiger partial charge in [0.2, 0.25) is 0 Å². The Labute approximate surface area is 154 Å². The van der Waals surface area contributed by atoms with E-state index in [1.165, 1.54) is 0 Å². The molecule has 0 N–H and O–H groups in total. The first-order valence-corrected chi connectivity index (χ1v) is 8.63. The predicted molar refractivity (Wildman–Crippen MR) is 99.7 cm³/mol. The summed E-state index contributed by atoms with van der Waals surface area (Å²) >= 11 is 3.43. The van der Waals surface area contributed by atoms with Gasteiger partial charge in [0.25, 0.3) is 0 Å². The van der Waals surface area contributed by atoms with Crippen molar-refractivity contribution in [3.05, 3.63) is 64.8 Å². The number of carbonyl (C=O) groups excluding carboxylic acids is 1. The molecule has 1 aromatic heterocycles. The van der Waals surface area contributed by atoms with Crippen molar-refractivity contribution in [3.8, 4) is 16.9 Å². The lowest BCUT2D eigenvalue weighted by atomic mass is 10.1. The number of ether oxygens (including phenoxy) is 1. The third-order valence-electron chi connectivity index (χ3n) is 3.41. The van der Waals surface area contributed by atoms with Gasteiger partial charge in [0, 0.05) is 10.0 Å². The highest BCUT2D eigenvalue weighted by Gasteiger charge is 2.18. The molecule has 6 heteroatoms. The van der Waals surface area contributed by atoms with Crippen LogP contribution in [0, 0.1) is 0 Å². The summed E-state index contributed by atoms with van der Waals surface area (Å²) in [5, 5.41) is 8.18. The minimum absolute atomic E-state index is 0.361. The fourth-order valence-electron chi connectivity index (χ4n) is 2.34. The van der Waals surface area contributed by atoms with Gasteiger partial charge in [-0.25, -0.2) is 9.48 Å². The Morgan fingerprint density at radius 1 is 1.12 bits per heavy atom. The largest absolute Gasteiger partial charge is 0.456 e. The average molecular weight is 400 g/mol. The second kappa shape index (κ2) is 6.80. The number of hydrogen-bond donors (Lipinski definition) is 0. The highest BCUT2D eigenvalue weighted by atomic mass is 79.9. The van der Waals surface area contributed by atoms with Gasteiger partial charge >= 0.3 is 5.97 Å². The molecule has 0 fully saturated rings. The molecular formula is C19H18BrN3O2. The highest BCUT2D eigenvalue weighted by molar-refractivity contribution is 9.10. The molecule has 0 unspecified atom stereocenters. The van der Waals surface area contributed by atoms with Crippen LogP contribution in [0.2, 0.25) is 0 Å². The molecule has 0 atom stereocenters. The molecule has 3 aromatic rings. The Kier molecular flexibility index (Phi) is 4.72. The van der Waals surface area contributed by atoms with E-state index < -0.39 is 5.60 Å². The Morgan fingerprint density at radius 2 is 1.84 bits per heavy atom. The normalized spacial score (nSPS) is 11.4. The van der Waals surface area contributed by atoms with E-state index in [4.69, 9.17) is 4.74 Å². The van der Waals surface area contributed by atoms with Crippen LogP contribution in [0.3, 0.4) is 0 Å². The van der Waals surface area contributed by atoms with Gasteiger partial charge in [-0.2, -0.15) is 0 Å². The predicted octanol–water partition coefficient (Wildman–Crippen LogP) is 4.65. The van der Waals surface area contributed by atoms with Crippen molar-refractivity contribution in [1.29, 1.82) is 0 Å². The number of halogens is 1. The zero-order valence-electron chi connectivity index (χ0n) is 14.2. The average Bonchev–Trinajstić information content (AvgIpc) is 3.04. The Balaban J connectivity index is 1.96. The summed E-state index contributed by atoms with van der Waals surface area (Å²) in [5.74, 6) is -0.361. The fourth-order valence-corrected chi connectivity index (χ4v) is 2.61. The van der Waals surface area contributed by atoms with E-state index >= 15 is 0 Å². The molecule has 0 aliphatic heterocycles. The van der Waals surface area contributed by atoms with Crippen LogP contribution in [-0.4, -0.2) is 26.6 Å². The number of nitrogens with zero attached hydrogens (tertiary/aromatic N) is 3. The lowest BCUT2D eigenvalue weighted by molar-refractivity contribution is 0.00695. The van der Waals surface area contributed by atoms with Crippen LogP contribution in [0.5, 0.6) is 0 Å². The first-order chi connectivity index (χ1) is 11.8. The smallest absolute Gasteiger partial charge is 0.338 e. The van der Waals surface area contributed by atoms with Gasteiger partial charge in [-0.3, -0.25) is 0 Å². The molecule has 0 saturated carbocycles. The zero-order valence-corrected chi connectivity index (χ0v) is 15.8. The van der Waals surface area contributed by atoms with Crippen LogP contribution >= 0.6 is 15.9 Å². The first-order valence-electron chi connectivity index (χ1n) is 7.84. The minimum atomic E-state index is -0.539. The van der Waals surface area contributed by atoms with Crippen molar-refractivity contribution in [2.24, 2.45) is 0 Å². The highest BCUT2D eigenvalue weighted by Crippen LogP contribution is 2.24. The zero-order chi connectivity index (χ0) is 18.0. The van der Waals surface area contributed by atoms with Crippen LogP contribution in [0.15, 0.2) is 59.2 Å². The summed E-state index contributed by atoms with van der Waals surface area (Å²) in [6, 6.07) is 15.1. The van der Waals surface area contributed by atoms with Crippen molar-refractivity contribution in [3.63, 3.8) is 0 Å². The van der Waals surface area contributed by atoms with Crippen molar-refractivity contribution < 1.29 is 9.53 Å². The number of esters is 1. The second-order valence-corrected chi connectivity index (χ2v) is 7.51. The summed E-state index contributed by atoms with van der Waals surface area (Å²) < 4.78 is 8.14. The monoisotopic (exact) mass is 399 g/mol. The second-order valence-electron chi connectivity index (χ2n) is 6.59. The van der Waals surface area contributed by atoms with Gasteiger partial charge < -0.3 is 4.74 Å². The number of hydrogen-bond acceptors (Lipinski definition) is 4. The third-order valence-corrected chi connectivity index (χ3v) is 3.94. The maximum absolute atomic E-state index is 12.3. The number of aromatic nitrogens is 3. The standard InChI is InChI=1S/C19H18BrN3O2/c1-19(2,3)25-18(24)14-5-4-6-16(11-14)23-17(12-21-22-23)13-7-9-15(20)10-8-13/h4-12H,1-3H3. The quantitative estimate of drug-likeness (QED) is 0.601. The van der Waals surface area contributed by atoms with Crippen LogP contribution < -0.4 is 0 Å². The van der Waals surface area contributed by atoms with Gasteiger partial charge in [-0.15, -0.1) is 5.10 Å². The minimum Gasteiger partial charge on any atom is -0.456 e. The molecule has 1 heterocycles. The molecular weight excluding hydrogens is 382 g/mol. The fraction of sp³-hybridized carbons (Fsp3) is 0.211. The summed E-state index contributed by atoms with van der Waals surface area (Å²) in [4.78, 5) is 12.3. The SMILES string of the molecule is CC(C)(C)OC(=O)c1cccc(-n2nncc2-c2ccc(Br)cc2)c1. The molecule has 0 radical (unpaired) electrons. The van der Waals surface area contributed by atoms with E-state index in [1.54, 1.807) is 23.0 Å². The molecule has 0 aliphatic rings. The van der Waals surface area contributed by atoms with Gasteiger partial charge in [0.15, 0.2) is 0 Å². The summed E-state index contributed by atoms with van der Waals surface area (Å²) in [7, 11) is 0. The molecule has 128 valence electrons. The summed E-state index contributed by atoms with van der Waals surface area (Å²) in [6.07, 6.45) is 1.70. The van der Waals surface area contributed by atoms with E-state index in [2.05, 4.69) is 26.2 Å². The topological polar surface area (TPSA) is 57.0 Å². The molecule has 0 saturated heterocycles. The van der Waals surface area contributed by atoms with E-state index in [1.807, 2.05) is 57.2 Å². The number of carbonyl (C=O) groups is 1. The van der Waals surface area contributed by atoms with Crippen LogP contribution in [-0.2, 0) is 4.74 Å². The van der Waals surface area contributed by atoms with Gasteiger partial charge in [-0.1, -0.05) is 39.3 Å². The maximum Gasteiger partial charge on any atom is 0.338 e. The Morgan fingerprint density at radius 3 is 2.52 bits per heavy atom. The van der Waals surface area contributed by atoms with Crippen molar-refractivity contribution in [1.82, 2.24) is 15.0 Å². The van der Waals surface area contributed by atoms with Gasteiger partial charge in [0.1, 0.15) is 5.60 Å². The molecule has 2 aromatic carbocycles. The van der Waals surface area contributed by atoms with Crippen molar-refractivity contribution >= 4 is 21.9 Å². The first kappa shape index (κ1) is 17.4. The summed E-state index contributed by atoms with van der Waals surface area (Å²) in [5.41, 5.74) is 2.51. The van der Waals surface area contributed by atoms with Crippen molar-refractivity contribution in [2.45, 2.75) is 26.4 Å². The van der Waals surface area contributed by atoms with Gasteiger partial charge in [0.05, 0.1) is 23.1 Å². The Hall–Kier alpha value is -2.47. The molecule has 0 amide bonds. The van der Waals surface area contributed by atoms with E-state index in [0.29, 0.717) is 5.56 Å². The van der Waals surface area contributed by atoms with Crippen LogP contribution in [0.1, 0.15) is 31.1 Å². The molecule has 0 bridgehead atoms. The third kappa shape index (κ3) is 4.14. The number of rotatable bonds is 3. The van der Waals surface area contributed by atoms with Crippen LogP contribution in [0.4, 0.5) is 0 Å². The molecule has 25 heavy (non-hydrogen) atoms. The maximum atomic E-state index is 12.3. The Bertz CT molecular complexity index is 896.